The fourth-order valence-corrected chi connectivity index (χ4v) is 2.29. The highest BCUT2D eigenvalue weighted by molar-refractivity contribution is 5.81. The van der Waals surface area contributed by atoms with Gasteiger partial charge >= 0.3 is 5.97 Å². The highest BCUT2D eigenvalue weighted by atomic mass is 19.1. The topological polar surface area (TPSA) is 106 Å². The summed E-state index contributed by atoms with van der Waals surface area (Å²) in [4.78, 5) is 28.4. The second-order valence-corrected chi connectivity index (χ2v) is 5.68. The number of aryl methyl sites for hydroxylation is 2. The minimum Gasteiger partial charge on any atom is -0.480 e. The summed E-state index contributed by atoms with van der Waals surface area (Å²) in [5.41, 5.74) is 1.07. The lowest BCUT2D eigenvalue weighted by Gasteiger charge is -2.19. The number of carbonyl (C=O) groups excluding carboxylic acids is 1. The van der Waals surface area contributed by atoms with Gasteiger partial charge < -0.3 is 19.3 Å². The summed E-state index contributed by atoms with van der Waals surface area (Å²) in [6, 6.07) is 4.47. The number of carbonyl (C=O) groups is 2. The third-order valence-corrected chi connectivity index (χ3v) is 3.68. The quantitative estimate of drug-likeness (QED) is 0.720. The molecule has 26 heavy (non-hydrogen) atoms. The summed E-state index contributed by atoms with van der Waals surface area (Å²) in [5.74, 6) is -1.21. The van der Waals surface area contributed by atoms with Crippen LogP contribution in [-0.4, -0.2) is 58.8 Å². The van der Waals surface area contributed by atoms with E-state index in [1.807, 2.05) is 0 Å². The fraction of sp³-hybridized carbons (Fsp3) is 0.412. The Morgan fingerprint density at radius 1 is 1.38 bits per heavy atom. The summed E-state index contributed by atoms with van der Waals surface area (Å²) in [6.07, 6.45) is 0.205. The molecule has 1 amide bonds. The molecule has 0 saturated carbocycles. The molecule has 0 aliphatic heterocycles. The first-order chi connectivity index (χ1) is 12.4. The second kappa shape index (κ2) is 9.04. The molecule has 0 bridgehead atoms. The molecule has 1 aromatic heterocycles. The van der Waals surface area contributed by atoms with Gasteiger partial charge in [0, 0.05) is 32.1 Å². The Bertz CT molecular complexity index is 778. The standard InChI is InChI=1S/C17H20FN3O5/c1-11-9-12(3-4-13(11)18)17-19-14(26-20-17)5-6-15(22)21(7-8-25-2)10-16(23)24/h3-4,9H,5-8,10H2,1-2H3,(H,23,24). The number of carboxylic acids is 1. The van der Waals surface area contributed by atoms with Crippen LogP contribution in [0.1, 0.15) is 17.9 Å². The Hall–Kier alpha value is -2.81. The van der Waals surface area contributed by atoms with Crippen LogP contribution in [0.3, 0.4) is 0 Å². The first-order valence-corrected chi connectivity index (χ1v) is 7.98. The minimum atomic E-state index is -1.10. The van der Waals surface area contributed by atoms with E-state index in [0.717, 1.165) is 0 Å². The average Bonchev–Trinajstić information content (AvgIpc) is 3.07. The van der Waals surface area contributed by atoms with Crippen molar-refractivity contribution in [3.8, 4) is 11.4 Å². The Kier molecular flexibility index (Phi) is 6.79. The van der Waals surface area contributed by atoms with Crippen LogP contribution in [0, 0.1) is 12.7 Å². The number of halogens is 1. The number of methoxy groups -OCH3 is 1. The van der Waals surface area contributed by atoms with Crippen LogP contribution in [0.15, 0.2) is 22.7 Å². The largest absolute Gasteiger partial charge is 0.480 e. The van der Waals surface area contributed by atoms with Crippen molar-refractivity contribution in [1.29, 1.82) is 0 Å². The van der Waals surface area contributed by atoms with Crippen molar-refractivity contribution < 1.29 is 28.3 Å². The fourth-order valence-electron chi connectivity index (χ4n) is 2.29. The normalized spacial score (nSPS) is 10.7. The molecule has 9 heteroatoms. The molecule has 0 spiro atoms. The molecule has 8 nitrogen and oxygen atoms in total. The highest BCUT2D eigenvalue weighted by Crippen LogP contribution is 2.19. The van der Waals surface area contributed by atoms with Gasteiger partial charge in [0.2, 0.25) is 17.6 Å². The van der Waals surface area contributed by atoms with Crippen LogP contribution in [0.5, 0.6) is 0 Å². The van der Waals surface area contributed by atoms with E-state index in [1.165, 1.54) is 18.1 Å². The molecule has 0 aliphatic rings. The number of aliphatic carboxylic acids is 1. The Morgan fingerprint density at radius 2 is 2.15 bits per heavy atom. The van der Waals surface area contributed by atoms with Gasteiger partial charge in [-0.1, -0.05) is 5.16 Å². The number of nitrogens with zero attached hydrogens (tertiary/aromatic N) is 3. The van der Waals surface area contributed by atoms with E-state index < -0.39 is 12.5 Å². The van der Waals surface area contributed by atoms with Crippen LogP contribution in [0.25, 0.3) is 11.4 Å². The lowest BCUT2D eigenvalue weighted by Crippen LogP contribution is -2.38. The summed E-state index contributed by atoms with van der Waals surface area (Å²) < 4.78 is 23.3. The second-order valence-electron chi connectivity index (χ2n) is 5.68. The molecule has 140 valence electrons. The molecule has 2 aromatic rings. The maximum Gasteiger partial charge on any atom is 0.323 e. The van der Waals surface area contributed by atoms with Gasteiger partial charge in [-0.05, 0) is 30.7 Å². The third kappa shape index (κ3) is 5.35. The summed E-state index contributed by atoms with van der Waals surface area (Å²) in [6.45, 7) is 1.67. The number of hydrogen-bond acceptors (Lipinski definition) is 6. The van der Waals surface area contributed by atoms with Gasteiger partial charge in [0.05, 0.1) is 6.61 Å². The molecule has 0 aliphatic carbocycles. The van der Waals surface area contributed by atoms with Gasteiger partial charge in [-0.25, -0.2) is 4.39 Å². The molecular weight excluding hydrogens is 345 g/mol. The van der Waals surface area contributed by atoms with Gasteiger partial charge in [0.25, 0.3) is 0 Å². The Labute approximate surface area is 149 Å². The van der Waals surface area contributed by atoms with Crippen LogP contribution in [-0.2, 0) is 20.7 Å². The van der Waals surface area contributed by atoms with Crippen LogP contribution in [0.4, 0.5) is 4.39 Å². The van der Waals surface area contributed by atoms with Crippen LogP contribution >= 0.6 is 0 Å². The number of amides is 1. The zero-order chi connectivity index (χ0) is 19.1. The number of ether oxygens (including phenoxy) is 1. The van der Waals surface area contributed by atoms with Gasteiger partial charge in [0.1, 0.15) is 12.4 Å². The van der Waals surface area contributed by atoms with Gasteiger partial charge in [-0.15, -0.1) is 0 Å². The molecule has 1 heterocycles. The molecular formula is C17H20FN3O5. The average molecular weight is 365 g/mol. The van der Waals surface area contributed by atoms with Crippen molar-refractivity contribution in [2.75, 3.05) is 26.8 Å². The lowest BCUT2D eigenvalue weighted by atomic mass is 10.1. The minimum absolute atomic E-state index is 0.0288. The maximum absolute atomic E-state index is 13.3. The van der Waals surface area contributed by atoms with Crippen molar-refractivity contribution in [2.45, 2.75) is 19.8 Å². The van der Waals surface area contributed by atoms with E-state index in [9.17, 15) is 14.0 Å². The molecule has 0 atom stereocenters. The molecule has 0 saturated heterocycles. The third-order valence-electron chi connectivity index (χ3n) is 3.68. The van der Waals surface area contributed by atoms with E-state index in [4.69, 9.17) is 14.4 Å². The van der Waals surface area contributed by atoms with E-state index in [-0.39, 0.29) is 43.6 Å². The van der Waals surface area contributed by atoms with Crippen molar-refractivity contribution >= 4 is 11.9 Å². The number of aromatic nitrogens is 2. The zero-order valence-corrected chi connectivity index (χ0v) is 14.6. The van der Waals surface area contributed by atoms with Gasteiger partial charge in [0.15, 0.2) is 0 Å². The predicted molar refractivity (Wildman–Crippen MR) is 88.8 cm³/mol. The first kappa shape index (κ1) is 19.5. The van der Waals surface area contributed by atoms with E-state index in [2.05, 4.69) is 10.1 Å². The van der Waals surface area contributed by atoms with E-state index in [1.54, 1.807) is 19.1 Å². The lowest BCUT2D eigenvalue weighted by molar-refractivity contribution is -0.144. The van der Waals surface area contributed by atoms with Crippen LogP contribution < -0.4 is 0 Å². The molecule has 0 fully saturated rings. The van der Waals surface area contributed by atoms with Crippen LogP contribution in [0.2, 0.25) is 0 Å². The summed E-state index contributed by atoms with van der Waals surface area (Å²) in [5, 5.41) is 12.7. The molecule has 1 N–H and O–H groups in total. The van der Waals surface area contributed by atoms with Crippen molar-refractivity contribution in [3.63, 3.8) is 0 Å². The Morgan fingerprint density at radius 3 is 2.81 bits per heavy atom. The number of rotatable bonds is 9. The van der Waals surface area contributed by atoms with Gasteiger partial charge in [-0.3, -0.25) is 9.59 Å². The van der Waals surface area contributed by atoms with E-state index in [0.29, 0.717) is 17.0 Å². The summed E-state index contributed by atoms with van der Waals surface area (Å²) >= 11 is 0. The SMILES string of the molecule is COCCN(CC(=O)O)C(=O)CCc1nc(-c2ccc(F)c(C)c2)no1. The summed E-state index contributed by atoms with van der Waals surface area (Å²) in [7, 11) is 1.47. The number of benzene rings is 1. The zero-order valence-electron chi connectivity index (χ0n) is 14.6. The van der Waals surface area contributed by atoms with Crippen molar-refractivity contribution in [2.24, 2.45) is 0 Å². The first-order valence-electron chi connectivity index (χ1n) is 7.98. The smallest absolute Gasteiger partial charge is 0.323 e. The monoisotopic (exact) mass is 365 g/mol. The Balaban J connectivity index is 1.98. The number of carboxylic acid groups (broad SMARTS) is 1. The molecule has 0 radical (unpaired) electrons. The molecule has 0 unspecified atom stereocenters. The maximum atomic E-state index is 13.3. The highest BCUT2D eigenvalue weighted by Gasteiger charge is 2.18. The number of hydrogen-bond donors (Lipinski definition) is 1. The molecule has 1 aromatic carbocycles. The molecule has 2 rings (SSSR count). The van der Waals surface area contributed by atoms with Crippen molar-refractivity contribution in [3.05, 3.63) is 35.5 Å². The van der Waals surface area contributed by atoms with Gasteiger partial charge in [-0.2, -0.15) is 4.98 Å². The van der Waals surface area contributed by atoms with E-state index >= 15 is 0 Å². The van der Waals surface area contributed by atoms with Crippen molar-refractivity contribution in [1.82, 2.24) is 15.0 Å². The predicted octanol–water partition coefficient (Wildman–Crippen LogP) is 1.68.